The van der Waals surface area contributed by atoms with E-state index in [-0.39, 0.29) is 5.91 Å². The number of anilines is 3. The smallest absolute Gasteiger partial charge is 0.269 e. The van der Waals surface area contributed by atoms with Crippen LogP contribution in [0.25, 0.3) is 0 Å². The number of aromatic nitrogens is 1. The molecule has 3 rings (SSSR count). The van der Waals surface area contributed by atoms with Gasteiger partial charge in [0.15, 0.2) is 0 Å². The summed E-state index contributed by atoms with van der Waals surface area (Å²) < 4.78 is 0. The molecule has 0 aliphatic carbocycles. The third-order valence-electron chi connectivity index (χ3n) is 4.21. The molecule has 27 heavy (non-hydrogen) atoms. The molecular formula is C22H24N4O. The van der Waals surface area contributed by atoms with Gasteiger partial charge in [0.1, 0.15) is 5.69 Å². The maximum atomic E-state index is 12.4. The molecule has 0 atom stereocenters. The van der Waals surface area contributed by atoms with Crippen LogP contribution in [0.1, 0.15) is 16.1 Å². The molecule has 0 fully saturated rings. The monoisotopic (exact) mass is 360 g/mol. The van der Waals surface area contributed by atoms with Gasteiger partial charge < -0.3 is 15.5 Å². The number of carbonyl (C=O) groups excluding carboxylic acids is 1. The highest BCUT2D eigenvalue weighted by molar-refractivity contribution is 5.93. The molecule has 0 unspecified atom stereocenters. The van der Waals surface area contributed by atoms with Crippen molar-refractivity contribution in [1.82, 2.24) is 10.3 Å². The van der Waals surface area contributed by atoms with Crippen LogP contribution in [0.4, 0.5) is 17.1 Å². The van der Waals surface area contributed by atoms with Crippen LogP contribution in [0.5, 0.6) is 0 Å². The summed E-state index contributed by atoms with van der Waals surface area (Å²) in [7, 11) is 4.02. The van der Waals surface area contributed by atoms with E-state index in [4.69, 9.17) is 0 Å². The SMILES string of the molecule is CN(C)c1ccc(Nc2ccnc(C(=O)NCCc3ccccc3)c2)cc1. The Balaban J connectivity index is 1.58. The standard InChI is InChI=1S/C22H24N4O/c1-26(2)20-10-8-18(9-11-20)25-19-13-15-23-21(16-19)22(27)24-14-12-17-6-4-3-5-7-17/h3-11,13,15-16H,12,14H2,1-2H3,(H,23,25)(H,24,27). The molecule has 5 nitrogen and oxygen atoms in total. The van der Waals surface area contributed by atoms with Gasteiger partial charge in [-0.1, -0.05) is 30.3 Å². The molecular weight excluding hydrogens is 336 g/mol. The van der Waals surface area contributed by atoms with Gasteiger partial charge in [0.2, 0.25) is 0 Å². The zero-order valence-corrected chi connectivity index (χ0v) is 15.6. The quantitative estimate of drug-likeness (QED) is 0.672. The zero-order valence-electron chi connectivity index (χ0n) is 15.6. The number of nitrogens with zero attached hydrogens (tertiary/aromatic N) is 2. The summed E-state index contributed by atoms with van der Waals surface area (Å²) in [5.74, 6) is -0.169. The van der Waals surface area contributed by atoms with Crippen LogP contribution >= 0.6 is 0 Å². The zero-order chi connectivity index (χ0) is 19.1. The minimum Gasteiger partial charge on any atom is -0.378 e. The molecule has 2 aromatic carbocycles. The summed E-state index contributed by atoms with van der Waals surface area (Å²) in [6.45, 7) is 0.578. The first-order valence-corrected chi connectivity index (χ1v) is 8.94. The molecule has 138 valence electrons. The van der Waals surface area contributed by atoms with E-state index in [1.54, 1.807) is 12.3 Å². The van der Waals surface area contributed by atoms with Crippen molar-refractivity contribution >= 4 is 23.0 Å². The van der Waals surface area contributed by atoms with Crippen molar-refractivity contribution in [3.05, 3.63) is 84.2 Å². The van der Waals surface area contributed by atoms with Crippen LogP contribution in [-0.2, 0) is 6.42 Å². The lowest BCUT2D eigenvalue weighted by molar-refractivity contribution is 0.0949. The predicted octanol–water partition coefficient (Wildman–Crippen LogP) is 3.86. The Kier molecular flexibility index (Phi) is 6.05. The largest absolute Gasteiger partial charge is 0.378 e. The van der Waals surface area contributed by atoms with Crippen LogP contribution in [0.3, 0.4) is 0 Å². The van der Waals surface area contributed by atoms with Crippen LogP contribution in [-0.4, -0.2) is 31.5 Å². The number of benzene rings is 2. The number of hydrogen-bond acceptors (Lipinski definition) is 4. The van der Waals surface area contributed by atoms with Crippen LogP contribution in [0, 0.1) is 0 Å². The highest BCUT2D eigenvalue weighted by Crippen LogP contribution is 2.20. The molecule has 0 aliphatic rings. The van der Waals surface area contributed by atoms with Gasteiger partial charge in [-0.25, -0.2) is 0 Å². The predicted molar refractivity (Wildman–Crippen MR) is 111 cm³/mol. The summed E-state index contributed by atoms with van der Waals surface area (Å²) >= 11 is 0. The molecule has 3 aromatic rings. The number of hydrogen-bond donors (Lipinski definition) is 2. The number of carbonyl (C=O) groups is 1. The molecule has 0 saturated carbocycles. The highest BCUT2D eigenvalue weighted by atomic mass is 16.1. The Bertz CT molecular complexity index is 876. The second kappa shape index (κ2) is 8.85. The maximum Gasteiger partial charge on any atom is 0.269 e. The molecule has 0 spiro atoms. The van der Waals surface area contributed by atoms with Gasteiger partial charge in [-0.05, 0) is 48.4 Å². The second-order valence-electron chi connectivity index (χ2n) is 6.49. The number of nitrogens with one attached hydrogen (secondary N) is 2. The number of amides is 1. The summed E-state index contributed by atoms with van der Waals surface area (Å²) in [5.41, 5.74) is 4.52. The molecule has 0 bridgehead atoms. The summed E-state index contributed by atoms with van der Waals surface area (Å²) in [4.78, 5) is 18.6. The van der Waals surface area contributed by atoms with Gasteiger partial charge in [-0.15, -0.1) is 0 Å². The fourth-order valence-corrected chi connectivity index (χ4v) is 2.70. The van der Waals surface area contributed by atoms with E-state index < -0.39 is 0 Å². The van der Waals surface area contributed by atoms with Crippen molar-refractivity contribution in [2.75, 3.05) is 30.9 Å². The second-order valence-corrected chi connectivity index (χ2v) is 6.49. The van der Waals surface area contributed by atoms with E-state index >= 15 is 0 Å². The van der Waals surface area contributed by atoms with E-state index in [2.05, 4.69) is 27.8 Å². The summed E-state index contributed by atoms with van der Waals surface area (Å²) in [6.07, 6.45) is 2.44. The average Bonchev–Trinajstić information content (AvgIpc) is 2.69. The fourth-order valence-electron chi connectivity index (χ4n) is 2.70. The molecule has 0 radical (unpaired) electrons. The van der Waals surface area contributed by atoms with Crippen molar-refractivity contribution in [3.8, 4) is 0 Å². The fraction of sp³-hybridized carbons (Fsp3) is 0.182. The lowest BCUT2D eigenvalue weighted by Gasteiger charge is -2.13. The molecule has 0 saturated heterocycles. The van der Waals surface area contributed by atoms with Gasteiger partial charge >= 0.3 is 0 Å². The average molecular weight is 360 g/mol. The maximum absolute atomic E-state index is 12.4. The molecule has 0 aliphatic heterocycles. The van der Waals surface area contributed by atoms with Gasteiger partial charge in [0.25, 0.3) is 5.91 Å². The first kappa shape index (κ1) is 18.5. The van der Waals surface area contributed by atoms with Crippen molar-refractivity contribution in [3.63, 3.8) is 0 Å². The molecule has 2 N–H and O–H groups in total. The third kappa shape index (κ3) is 5.31. The minimum atomic E-state index is -0.169. The minimum absolute atomic E-state index is 0.169. The lowest BCUT2D eigenvalue weighted by atomic mass is 10.1. The van der Waals surface area contributed by atoms with E-state index in [1.807, 2.05) is 67.5 Å². The normalized spacial score (nSPS) is 10.3. The molecule has 1 amide bonds. The first-order valence-electron chi connectivity index (χ1n) is 8.94. The Morgan fingerprint density at radius 1 is 0.963 bits per heavy atom. The van der Waals surface area contributed by atoms with Gasteiger partial charge in [0, 0.05) is 43.9 Å². The topological polar surface area (TPSA) is 57.3 Å². The van der Waals surface area contributed by atoms with Crippen LogP contribution in [0.2, 0.25) is 0 Å². The van der Waals surface area contributed by atoms with E-state index in [0.29, 0.717) is 12.2 Å². The Hall–Kier alpha value is -3.34. The molecule has 5 heteroatoms. The summed E-state index contributed by atoms with van der Waals surface area (Å²) in [5, 5.41) is 6.23. The molecule has 1 aromatic heterocycles. The van der Waals surface area contributed by atoms with Crippen molar-refractivity contribution in [1.29, 1.82) is 0 Å². The Morgan fingerprint density at radius 3 is 2.41 bits per heavy atom. The third-order valence-corrected chi connectivity index (χ3v) is 4.21. The Labute approximate surface area is 160 Å². The number of pyridine rings is 1. The molecule has 1 heterocycles. The van der Waals surface area contributed by atoms with Gasteiger partial charge in [0.05, 0.1) is 0 Å². The van der Waals surface area contributed by atoms with Crippen LogP contribution < -0.4 is 15.5 Å². The highest BCUT2D eigenvalue weighted by Gasteiger charge is 2.08. The first-order chi connectivity index (χ1) is 13.1. The summed E-state index contributed by atoms with van der Waals surface area (Å²) in [6, 6.07) is 21.8. The van der Waals surface area contributed by atoms with Gasteiger partial charge in [-0.3, -0.25) is 9.78 Å². The van der Waals surface area contributed by atoms with E-state index in [1.165, 1.54) is 5.56 Å². The van der Waals surface area contributed by atoms with E-state index in [0.717, 1.165) is 23.5 Å². The Morgan fingerprint density at radius 2 is 1.70 bits per heavy atom. The van der Waals surface area contributed by atoms with Crippen molar-refractivity contribution < 1.29 is 4.79 Å². The number of rotatable bonds is 7. The van der Waals surface area contributed by atoms with Crippen LogP contribution in [0.15, 0.2) is 72.9 Å². The van der Waals surface area contributed by atoms with E-state index in [9.17, 15) is 4.79 Å². The van der Waals surface area contributed by atoms with Crippen molar-refractivity contribution in [2.24, 2.45) is 0 Å². The lowest BCUT2D eigenvalue weighted by Crippen LogP contribution is -2.26. The van der Waals surface area contributed by atoms with Gasteiger partial charge in [-0.2, -0.15) is 0 Å². The van der Waals surface area contributed by atoms with Crippen molar-refractivity contribution in [2.45, 2.75) is 6.42 Å².